The maximum absolute atomic E-state index is 11.6. The molecule has 19 heavy (non-hydrogen) atoms. The van der Waals surface area contributed by atoms with Crippen LogP contribution in [0.5, 0.6) is 0 Å². The Hall–Kier alpha value is -2.57. The first-order valence-corrected chi connectivity index (χ1v) is 5.64. The number of pyridine rings is 1. The van der Waals surface area contributed by atoms with Gasteiger partial charge in [0, 0.05) is 36.8 Å². The molecule has 2 N–H and O–H groups in total. The van der Waals surface area contributed by atoms with Crippen molar-refractivity contribution in [1.29, 1.82) is 0 Å². The Balaban J connectivity index is 1.94. The summed E-state index contributed by atoms with van der Waals surface area (Å²) in [5.74, 6) is -0.503. The molecule has 2 aromatic rings. The molecule has 0 atom stereocenters. The molecule has 0 amide bonds. The minimum absolute atomic E-state index is 0.129. The van der Waals surface area contributed by atoms with Crippen molar-refractivity contribution in [2.75, 3.05) is 5.73 Å². The highest BCUT2D eigenvalue weighted by molar-refractivity contribution is 5.69. The third-order valence-corrected chi connectivity index (χ3v) is 2.46. The maximum atomic E-state index is 11.6. The summed E-state index contributed by atoms with van der Waals surface area (Å²) in [6.07, 6.45) is 4.77. The third kappa shape index (κ3) is 3.44. The van der Waals surface area contributed by atoms with Crippen molar-refractivity contribution in [2.24, 2.45) is 7.05 Å². The van der Waals surface area contributed by atoms with E-state index in [9.17, 15) is 9.59 Å². The van der Waals surface area contributed by atoms with Crippen LogP contribution < -0.4 is 11.3 Å². The van der Waals surface area contributed by atoms with Crippen LogP contribution in [0.1, 0.15) is 5.56 Å². The molecule has 2 aromatic heterocycles. The Morgan fingerprint density at radius 3 is 2.89 bits per heavy atom. The van der Waals surface area contributed by atoms with Crippen LogP contribution in [-0.4, -0.2) is 20.3 Å². The average molecular weight is 262 g/mol. The van der Waals surface area contributed by atoms with Gasteiger partial charge in [-0.25, -0.2) is 0 Å². The summed E-state index contributed by atoms with van der Waals surface area (Å²) in [7, 11) is 1.78. The van der Waals surface area contributed by atoms with Crippen LogP contribution in [0.4, 0.5) is 5.69 Å². The van der Waals surface area contributed by atoms with Gasteiger partial charge in [0.25, 0.3) is 5.56 Å². The Labute approximate surface area is 109 Å². The highest BCUT2D eigenvalue weighted by atomic mass is 16.5. The van der Waals surface area contributed by atoms with Crippen LogP contribution in [0.15, 0.2) is 35.5 Å². The van der Waals surface area contributed by atoms with Crippen molar-refractivity contribution in [3.05, 3.63) is 46.6 Å². The van der Waals surface area contributed by atoms with Crippen molar-refractivity contribution in [3.63, 3.8) is 0 Å². The molecule has 7 heteroatoms. The fraction of sp³-hybridized carbons (Fsp3) is 0.250. The molecule has 2 heterocycles. The molecule has 0 aliphatic heterocycles. The standard InChI is InChI=1S/C12H14N4O3/c1-15-5-9(4-14-15)8-19-12(18)7-16-6-10(13)2-3-11(16)17/h2-6H,7-8,13H2,1H3. The van der Waals surface area contributed by atoms with Crippen LogP contribution in [-0.2, 0) is 29.7 Å². The molecule has 0 aliphatic rings. The predicted octanol–water partition coefficient (Wildman–Crippen LogP) is -0.0926. The first kappa shape index (κ1) is 12.9. The minimum atomic E-state index is -0.503. The van der Waals surface area contributed by atoms with Crippen molar-refractivity contribution < 1.29 is 9.53 Å². The molecule has 2 rings (SSSR count). The lowest BCUT2D eigenvalue weighted by molar-refractivity contribution is -0.145. The van der Waals surface area contributed by atoms with Gasteiger partial charge in [-0.1, -0.05) is 0 Å². The first-order valence-electron chi connectivity index (χ1n) is 5.64. The Kier molecular flexibility index (Phi) is 3.65. The second-order valence-electron chi connectivity index (χ2n) is 4.11. The number of aromatic nitrogens is 3. The predicted molar refractivity (Wildman–Crippen MR) is 68.1 cm³/mol. The zero-order chi connectivity index (χ0) is 13.8. The molecule has 7 nitrogen and oxygen atoms in total. The number of carbonyl (C=O) groups is 1. The lowest BCUT2D eigenvalue weighted by Gasteiger charge is -2.06. The molecule has 0 saturated heterocycles. The number of nitrogens with zero attached hydrogens (tertiary/aromatic N) is 3. The summed E-state index contributed by atoms with van der Waals surface area (Å²) in [5, 5.41) is 3.96. The van der Waals surface area contributed by atoms with E-state index < -0.39 is 5.97 Å². The van der Waals surface area contributed by atoms with Crippen LogP contribution in [0.2, 0.25) is 0 Å². The molecule has 0 radical (unpaired) electrons. The van der Waals surface area contributed by atoms with Gasteiger partial charge in [0.2, 0.25) is 0 Å². The van der Waals surface area contributed by atoms with Crippen molar-refractivity contribution in [2.45, 2.75) is 13.2 Å². The van der Waals surface area contributed by atoms with E-state index in [4.69, 9.17) is 10.5 Å². The summed E-state index contributed by atoms with van der Waals surface area (Å²) in [6.45, 7) is -0.0339. The second-order valence-corrected chi connectivity index (χ2v) is 4.11. The number of aryl methyl sites for hydroxylation is 1. The molecule has 100 valence electrons. The molecular formula is C12H14N4O3. The van der Waals surface area contributed by atoms with Crippen LogP contribution in [0.3, 0.4) is 0 Å². The Bertz CT molecular complexity index is 644. The third-order valence-electron chi connectivity index (χ3n) is 2.46. The highest BCUT2D eigenvalue weighted by Crippen LogP contribution is 2.00. The summed E-state index contributed by atoms with van der Waals surface area (Å²) >= 11 is 0. The number of carbonyl (C=O) groups excluding carboxylic acids is 1. The van der Waals surface area contributed by atoms with E-state index in [-0.39, 0.29) is 18.7 Å². The number of anilines is 1. The number of hydrogen-bond acceptors (Lipinski definition) is 5. The summed E-state index contributed by atoms with van der Waals surface area (Å²) in [4.78, 5) is 23.1. The number of rotatable bonds is 4. The molecule has 0 spiro atoms. The van der Waals surface area contributed by atoms with Crippen LogP contribution in [0.25, 0.3) is 0 Å². The van der Waals surface area contributed by atoms with Crippen LogP contribution in [0, 0.1) is 0 Å². The Morgan fingerprint density at radius 1 is 1.42 bits per heavy atom. The molecule has 0 aliphatic carbocycles. The summed E-state index contributed by atoms with van der Waals surface area (Å²) in [6, 6.07) is 2.80. The second kappa shape index (κ2) is 5.38. The first-order chi connectivity index (χ1) is 9.04. The topological polar surface area (TPSA) is 92.1 Å². The number of nitrogens with two attached hydrogens (primary N) is 1. The van der Waals surface area contributed by atoms with E-state index in [2.05, 4.69) is 5.10 Å². The van der Waals surface area contributed by atoms with Crippen molar-refractivity contribution >= 4 is 11.7 Å². The molecular weight excluding hydrogens is 248 g/mol. The van der Waals surface area contributed by atoms with Gasteiger partial charge in [0.05, 0.1) is 6.20 Å². The average Bonchev–Trinajstić information content (AvgIpc) is 2.77. The zero-order valence-corrected chi connectivity index (χ0v) is 10.4. The lowest BCUT2D eigenvalue weighted by atomic mass is 10.4. The maximum Gasteiger partial charge on any atom is 0.326 e. The molecule has 0 saturated carbocycles. The van der Waals surface area contributed by atoms with Gasteiger partial charge in [0.1, 0.15) is 13.2 Å². The fourth-order valence-electron chi connectivity index (χ4n) is 1.57. The zero-order valence-electron chi connectivity index (χ0n) is 10.4. The Morgan fingerprint density at radius 2 is 2.21 bits per heavy atom. The molecule has 0 aromatic carbocycles. The minimum Gasteiger partial charge on any atom is -0.459 e. The van der Waals surface area contributed by atoms with Gasteiger partial charge in [-0.3, -0.25) is 14.3 Å². The van der Waals surface area contributed by atoms with E-state index in [0.29, 0.717) is 5.69 Å². The van der Waals surface area contributed by atoms with E-state index in [0.717, 1.165) is 5.56 Å². The number of esters is 1. The number of nitrogen functional groups attached to an aromatic ring is 1. The van der Waals surface area contributed by atoms with Crippen LogP contribution >= 0.6 is 0 Å². The molecule has 0 fully saturated rings. The number of ether oxygens (including phenoxy) is 1. The quantitative estimate of drug-likeness (QED) is 0.777. The monoisotopic (exact) mass is 262 g/mol. The lowest BCUT2D eigenvalue weighted by Crippen LogP contribution is -2.24. The van der Waals surface area contributed by atoms with E-state index in [1.165, 1.54) is 22.9 Å². The molecule has 0 unspecified atom stereocenters. The molecule has 0 bridgehead atoms. The van der Waals surface area contributed by atoms with E-state index in [1.807, 2.05) is 0 Å². The normalized spacial score (nSPS) is 10.4. The van der Waals surface area contributed by atoms with E-state index >= 15 is 0 Å². The fourth-order valence-corrected chi connectivity index (χ4v) is 1.57. The number of hydrogen-bond donors (Lipinski definition) is 1. The highest BCUT2D eigenvalue weighted by Gasteiger charge is 2.07. The van der Waals surface area contributed by atoms with Gasteiger partial charge in [-0.15, -0.1) is 0 Å². The van der Waals surface area contributed by atoms with Gasteiger partial charge in [-0.2, -0.15) is 5.10 Å². The van der Waals surface area contributed by atoms with Gasteiger partial charge >= 0.3 is 5.97 Å². The van der Waals surface area contributed by atoms with Gasteiger partial charge in [0.15, 0.2) is 0 Å². The van der Waals surface area contributed by atoms with Gasteiger partial charge in [-0.05, 0) is 6.07 Å². The van der Waals surface area contributed by atoms with Crippen molar-refractivity contribution in [3.8, 4) is 0 Å². The summed E-state index contributed by atoms with van der Waals surface area (Å²) in [5.41, 5.74) is 6.45. The van der Waals surface area contributed by atoms with E-state index in [1.54, 1.807) is 24.1 Å². The SMILES string of the molecule is Cn1cc(COC(=O)Cn2cc(N)ccc2=O)cn1. The van der Waals surface area contributed by atoms with Gasteiger partial charge < -0.3 is 15.0 Å². The smallest absolute Gasteiger partial charge is 0.326 e. The van der Waals surface area contributed by atoms with Crippen molar-refractivity contribution in [1.82, 2.24) is 14.3 Å². The summed E-state index contributed by atoms with van der Waals surface area (Å²) < 4.78 is 7.87. The largest absolute Gasteiger partial charge is 0.459 e.